The number of thiophene rings is 1. The molecule has 0 saturated carbocycles. The lowest BCUT2D eigenvalue weighted by Gasteiger charge is -2.27. The van der Waals surface area contributed by atoms with Gasteiger partial charge in [-0.05, 0) is 60.4 Å². The highest BCUT2D eigenvalue weighted by molar-refractivity contribution is 7.80. The molecule has 0 spiro atoms. The van der Waals surface area contributed by atoms with Crippen LogP contribution in [0.2, 0.25) is 0 Å². The number of benzene rings is 1. The molecule has 3 heterocycles. The SMILES string of the molecule is Cc1ccsc1[C@@H]1[C@H](c2ccccn2)NC(=S)N1CCC(=O)Nc1ccccc1F. The molecule has 2 N–H and O–H groups in total. The highest BCUT2D eigenvalue weighted by atomic mass is 32.1. The number of thiocarbonyl (C=S) groups is 1. The van der Waals surface area contributed by atoms with Gasteiger partial charge in [0.2, 0.25) is 5.91 Å². The predicted molar refractivity (Wildman–Crippen MR) is 121 cm³/mol. The lowest BCUT2D eigenvalue weighted by Crippen LogP contribution is -2.32. The van der Waals surface area contributed by atoms with Gasteiger partial charge in [0.15, 0.2) is 5.11 Å². The van der Waals surface area contributed by atoms with E-state index in [0.29, 0.717) is 11.7 Å². The number of anilines is 1. The van der Waals surface area contributed by atoms with Gasteiger partial charge in [-0.15, -0.1) is 11.3 Å². The molecule has 3 aromatic rings. The second-order valence-electron chi connectivity index (χ2n) is 7.07. The number of para-hydroxylation sites is 1. The van der Waals surface area contributed by atoms with Gasteiger partial charge in [-0.1, -0.05) is 18.2 Å². The Morgan fingerprint density at radius 1 is 1.27 bits per heavy atom. The third kappa shape index (κ3) is 4.20. The number of nitrogens with one attached hydrogen (secondary N) is 2. The average molecular weight is 441 g/mol. The molecular weight excluding hydrogens is 419 g/mol. The summed E-state index contributed by atoms with van der Waals surface area (Å²) in [6.07, 6.45) is 1.95. The summed E-state index contributed by atoms with van der Waals surface area (Å²) in [4.78, 5) is 20.2. The molecule has 30 heavy (non-hydrogen) atoms. The summed E-state index contributed by atoms with van der Waals surface area (Å²) in [6, 6.07) is 13.9. The molecule has 4 rings (SSSR count). The molecule has 1 fully saturated rings. The van der Waals surface area contributed by atoms with E-state index in [9.17, 15) is 9.18 Å². The monoisotopic (exact) mass is 440 g/mol. The third-order valence-electron chi connectivity index (χ3n) is 5.10. The molecule has 1 aromatic carbocycles. The zero-order valence-electron chi connectivity index (χ0n) is 16.3. The Balaban J connectivity index is 1.53. The van der Waals surface area contributed by atoms with Crippen molar-refractivity contribution in [3.63, 3.8) is 0 Å². The second kappa shape index (κ2) is 8.89. The van der Waals surface area contributed by atoms with E-state index in [-0.39, 0.29) is 30.1 Å². The maximum atomic E-state index is 13.8. The summed E-state index contributed by atoms with van der Waals surface area (Å²) in [6.45, 7) is 2.49. The number of carbonyl (C=O) groups excluding carboxylic acids is 1. The highest BCUT2D eigenvalue weighted by Crippen LogP contribution is 2.41. The van der Waals surface area contributed by atoms with Crippen LogP contribution in [0.15, 0.2) is 60.1 Å². The Labute approximate surface area is 183 Å². The summed E-state index contributed by atoms with van der Waals surface area (Å²) in [5.74, 6) is -0.711. The van der Waals surface area contributed by atoms with Gasteiger partial charge in [0.05, 0.1) is 23.5 Å². The van der Waals surface area contributed by atoms with Crippen LogP contribution in [0, 0.1) is 12.7 Å². The molecular formula is C22H21FN4OS2. The number of hydrogen-bond acceptors (Lipinski definition) is 4. The van der Waals surface area contributed by atoms with Crippen molar-refractivity contribution in [1.29, 1.82) is 0 Å². The minimum Gasteiger partial charge on any atom is -0.352 e. The van der Waals surface area contributed by atoms with E-state index in [1.54, 1.807) is 35.7 Å². The normalized spacial score (nSPS) is 18.3. The minimum absolute atomic E-state index is 0.0614. The van der Waals surface area contributed by atoms with Crippen LogP contribution >= 0.6 is 23.6 Å². The number of halogens is 1. The van der Waals surface area contributed by atoms with Crippen LogP contribution < -0.4 is 10.6 Å². The van der Waals surface area contributed by atoms with Crippen molar-refractivity contribution in [1.82, 2.24) is 15.2 Å². The summed E-state index contributed by atoms with van der Waals surface area (Å²) in [5.41, 5.74) is 2.26. The van der Waals surface area contributed by atoms with Gasteiger partial charge in [0.25, 0.3) is 0 Å². The van der Waals surface area contributed by atoms with Crippen molar-refractivity contribution in [2.24, 2.45) is 0 Å². The molecule has 8 heteroatoms. The number of nitrogens with zero attached hydrogens (tertiary/aromatic N) is 2. The zero-order chi connectivity index (χ0) is 21.1. The molecule has 0 aliphatic carbocycles. The average Bonchev–Trinajstić information content (AvgIpc) is 3.31. The fourth-order valence-corrected chi connectivity index (χ4v) is 5.02. The Hall–Kier alpha value is -2.84. The molecule has 1 aliphatic heterocycles. The van der Waals surface area contributed by atoms with E-state index >= 15 is 0 Å². The Kier molecular flexibility index (Phi) is 6.06. The van der Waals surface area contributed by atoms with Gasteiger partial charge in [0, 0.05) is 24.0 Å². The van der Waals surface area contributed by atoms with Crippen LogP contribution in [0.3, 0.4) is 0 Å². The van der Waals surface area contributed by atoms with E-state index in [1.165, 1.54) is 16.5 Å². The molecule has 1 saturated heterocycles. The summed E-state index contributed by atoms with van der Waals surface area (Å²) >= 11 is 7.28. The summed E-state index contributed by atoms with van der Waals surface area (Å²) < 4.78 is 13.8. The second-order valence-corrected chi connectivity index (χ2v) is 8.40. The largest absolute Gasteiger partial charge is 0.352 e. The van der Waals surface area contributed by atoms with Gasteiger partial charge in [0.1, 0.15) is 5.82 Å². The van der Waals surface area contributed by atoms with Crippen molar-refractivity contribution in [3.8, 4) is 0 Å². The molecule has 1 amide bonds. The first kappa shape index (κ1) is 20.4. The topological polar surface area (TPSA) is 57.3 Å². The summed E-state index contributed by atoms with van der Waals surface area (Å²) in [7, 11) is 0. The molecule has 2 atom stereocenters. The van der Waals surface area contributed by atoms with Crippen LogP contribution in [-0.2, 0) is 4.79 Å². The van der Waals surface area contributed by atoms with E-state index in [4.69, 9.17) is 12.2 Å². The number of aryl methyl sites for hydroxylation is 1. The Morgan fingerprint density at radius 3 is 2.77 bits per heavy atom. The number of rotatable bonds is 6. The predicted octanol–water partition coefficient (Wildman–Crippen LogP) is 4.59. The highest BCUT2D eigenvalue weighted by Gasteiger charge is 2.40. The smallest absolute Gasteiger partial charge is 0.226 e. The molecule has 154 valence electrons. The molecule has 1 aliphatic rings. The van der Waals surface area contributed by atoms with Gasteiger partial charge >= 0.3 is 0 Å². The first-order valence-corrected chi connectivity index (χ1v) is 10.9. The zero-order valence-corrected chi connectivity index (χ0v) is 18.0. The number of aromatic nitrogens is 1. The van der Waals surface area contributed by atoms with Crippen LogP contribution in [0.25, 0.3) is 0 Å². The van der Waals surface area contributed by atoms with Crippen LogP contribution in [0.5, 0.6) is 0 Å². The first-order chi connectivity index (χ1) is 14.5. The van der Waals surface area contributed by atoms with E-state index < -0.39 is 5.82 Å². The molecule has 0 unspecified atom stereocenters. The van der Waals surface area contributed by atoms with Crippen molar-refractivity contribution in [2.75, 3.05) is 11.9 Å². The van der Waals surface area contributed by atoms with Crippen LogP contribution in [-0.4, -0.2) is 27.4 Å². The Morgan fingerprint density at radius 2 is 2.07 bits per heavy atom. The van der Waals surface area contributed by atoms with Crippen molar-refractivity contribution < 1.29 is 9.18 Å². The van der Waals surface area contributed by atoms with Crippen molar-refractivity contribution in [3.05, 3.63) is 82.1 Å². The summed E-state index contributed by atoms with van der Waals surface area (Å²) in [5, 5.41) is 8.66. The van der Waals surface area contributed by atoms with Gasteiger partial charge in [-0.2, -0.15) is 0 Å². The molecule has 2 aromatic heterocycles. The van der Waals surface area contributed by atoms with E-state index in [0.717, 1.165) is 5.69 Å². The lowest BCUT2D eigenvalue weighted by atomic mass is 10.0. The minimum atomic E-state index is -0.452. The van der Waals surface area contributed by atoms with E-state index in [1.807, 2.05) is 23.1 Å². The quantitative estimate of drug-likeness (QED) is 0.549. The number of pyridine rings is 1. The first-order valence-electron chi connectivity index (χ1n) is 9.61. The molecule has 5 nitrogen and oxygen atoms in total. The van der Waals surface area contributed by atoms with Gasteiger partial charge in [-0.3, -0.25) is 9.78 Å². The maximum Gasteiger partial charge on any atom is 0.226 e. The van der Waals surface area contributed by atoms with Crippen LogP contribution in [0.1, 0.15) is 34.6 Å². The molecule has 0 radical (unpaired) electrons. The van der Waals surface area contributed by atoms with Crippen molar-refractivity contribution in [2.45, 2.75) is 25.4 Å². The number of carbonyl (C=O) groups is 1. The van der Waals surface area contributed by atoms with Gasteiger partial charge < -0.3 is 15.5 Å². The number of hydrogen-bond donors (Lipinski definition) is 2. The maximum absolute atomic E-state index is 13.8. The third-order valence-corrected chi connectivity index (χ3v) is 6.54. The van der Waals surface area contributed by atoms with Crippen molar-refractivity contribution >= 4 is 40.3 Å². The fourth-order valence-electron chi connectivity index (χ4n) is 3.62. The van der Waals surface area contributed by atoms with Gasteiger partial charge in [-0.25, -0.2) is 4.39 Å². The Bertz CT molecular complexity index is 1060. The fraction of sp³-hybridized carbons (Fsp3) is 0.227. The van der Waals surface area contributed by atoms with Crippen LogP contribution in [0.4, 0.5) is 10.1 Å². The van der Waals surface area contributed by atoms with E-state index in [2.05, 4.69) is 34.0 Å². The lowest BCUT2D eigenvalue weighted by molar-refractivity contribution is -0.116. The molecule has 0 bridgehead atoms. The standard InChI is InChI=1S/C22H21FN4OS2/c1-14-10-13-30-21(14)20-19(17-8-4-5-11-24-17)26-22(29)27(20)12-9-18(28)25-16-7-3-2-6-15(16)23/h2-8,10-11,13,19-20H,9,12H2,1H3,(H,25,28)(H,26,29)/t19-,20-/m0/s1. The number of amides is 1.